The molecule has 3 nitrogen and oxygen atoms in total. The van der Waals surface area contributed by atoms with Crippen LogP contribution in [0.3, 0.4) is 0 Å². The van der Waals surface area contributed by atoms with E-state index in [0.29, 0.717) is 6.54 Å². The third-order valence-electron chi connectivity index (χ3n) is 3.64. The van der Waals surface area contributed by atoms with Gasteiger partial charge in [0.15, 0.2) is 9.84 Å². The van der Waals surface area contributed by atoms with E-state index >= 15 is 0 Å². The molecule has 0 aromatic rings. The molecule has 0 bridgehead atoms. The lowest BCUT2D eigenvalue weighted by Gasteiger charge is -2.39. The van der Waals surface area contributed by atoms with Gasteiger partial charge in [-0.1, -0.05) is 20.8 Å². The van der Waals surface area contributed by atoms with Crippen molar-refractivity contribution in [3.05, 3.63) is 0 Å². The highest BCUT2D eigenvalue weighted by molar-refractivity contribution is 7.92. The Hall–Kier alpha value is -0.0900. The maximum Gasteiger partial charge on any atom is 0.153 e. The summed E-state index contributed by atoms with van der Waals surface area (Å²) in [6, 6.07) is 0. The number of rotatable bonds is 3. The minimum Gasteiger partial charge on any atom is -0.330 e. The number of nitrogens with two attached hydrogens (primary N) is 1. The molecule has 0 spiro atoms. The van der Waals surface area contributed by atoms with Gasteiger partial charge in [-0.15, -0.1) is 0 Å². The molecule has 0 saturated heterocycles. The van der Waals surface area contributed by atoms with Crippen molar-refractivity contribution in [1.82, 2.24) is 0 Å². The van der Waals surface area contributed by atoms with Gasteiger partial charge in [0.1, 0.15) is 0 Å². The van der Waals surface area contributed by atoms with Crippen LogP contribution in [0.1, 0.15) is 40.0 Å². The second-order valence-corrected chi connectivity index (χ2v) is 7.90. The Kier molecular flexibility index (Phi) is 3.82. The monoisotopic (exact) mass is 233 g/mol. The van der Waals surface area contributed by atoms with Crippen LogP contribution in [0.5, 0.6) is 0 Å². The molecule has 1 aliphatic rings. The first kappa shape index (κ1) is 13.0. The highest BCUT2D eigenvalue weighted by atomic mass is 32.2. The van der Waals surface area contributed by atoms with Crippen molar-refractivity contribution in [2.75, 3.05) is 12.3 Å². The van der Waals surface area contributed by atoms with Crippen LogP contribution in [-0.4, -0.2) is 26.0 Å². The highest BCUT2D eigenvalue weighted by Gasteiger charge is 2.40. The summed E-state index contributed by atoms with van der Waals surface area (Å²) >= 11 is 0. The Morgan fingerprint density at radius 2 is 2.00 bits per heavy atom. The number of hydrogen-bond donors (Lipinski definition) is 1. The van der Waals surface area contributed by atoms with E-state index in [4.69, 9.17) is 5.73 Å². The lowest BCUT2D eigenvalue weighted by Crippen LogP contribution is -2.43. The van der Waals surface area contributed by atoms with Gasteiger partial charge >= 0.3 is 0 Å². The summed E-state index contributed by atoms with van der Waals surface area (Å²) in [6.45, 7) is 6.53. The van der Waals surface area contributed by atoms with E-state index in [1.165, 1.54) is 0 Å². The van der Waals surface area contributed by atoms with E-state index in [1.54, 1.807) is 6.92 Å². The van der Waals surface area contributed by atoms with Crippen molar-refractivity contribution < 1.29 is 8.42 Å². The fourth-order valence-corrected chi connectivity index (χ4v) is 4.45. The van der Waals surface area contributed by atoms with Crippen LogP contribution in [0.4, 0.5) is 0 Å². The summed E-state index contributed by atoms with van der Waals surface area (Å²) in [7, 11) is -2.93. The molecule has 2 atom stereocenters. The fourth-order valence-electron chi connectivity index (χ4n) is 2.48. The standard InChI is InChI=1S/C11H23NO2S/c1-4-15(13,14)10-7-11(2,3)6-5-9(10)8-12/h9-10H,4-8,12H2,1-3H3. The minimum absolute atomic E-state index is 0.151. The predicted molar refractivity (Wildman–Crippen MR) is 63.4 cm³/mol. The second kappa shape index (κ2) is 4.42. The smallest absolute Gasteiger partial charge is 0.153 e. The third-order valence-corrected chi connectivity index (χ3v) is 5.92. The zero-order valence-electron chi connectivity index (χ0n) is 9.99. The molecule has 0 aromatic heterocycles. The van der Waals surface area contributed by atoms with Gasteiger partial charge in [0, 0.05) is 5.75 Å². The molecule has 4 heteroatoms. The highest BCUT2D eigenvalue weighted by Crippen LogP contribution is 2.40. The van der Waals surface area contributed by atoms with E-state index < -0.39 is 9.84 Å². The molecule has 0 heterocycles. The first-order valence-corrected chi connectivity index (χ1v) is 7.45. The first-order valence-electron chi connectivity index (χ1n) is 5.74. The van der Waals surface area contributed by atoms with Gasteiger partial charge in [-0.3, -0.25) is 0 Å². The molecule has 0 aliphatic heterocycles. The summed E-state index contributed by atoms with van der Waals surface area (Å²) < 4.78 is 23.9. The first-order chi connectivity index (χ1) is 6.82. The van der Waals surface area contributed by atoms with Crippen molar-refractivity contribution in [3.8, 4) is 0 Å². The molecule has 2 N–H and O–H groups in total. The summed E-state index contributed by atoms with van der Waals surface area (Å²) in [5, 5.41) is -0.212. The van der Waals surface area contributed by atoms with Crippen molar-refractivity contribution in [2.24, 2.45) is 17.1 Å². The van der Waals surface area contributed by atoms with Gasteiger partial charge in [0.05, 0.1) is 5.25 Å². The average molecular weight is 233 g/mol. The lowest BCUT2D eigenvalue weighted by molar-refractivity contribution is 0.197. The summed E-state index contributed by atoms with van der Waals surface area (Å²) in [5.74, 6) is 0.410. The van der Waals surface area contributed by atoms with Gasteiger partial charge in [-0.2, -0.15) is 0 Å². The van der Waals surface area contributed by atoms with Crippen LogP contribution in [-0.2, 0) is 9.84 Å². The topological polar surface area (TPSA) is 60.2 Å². The van der Waals surface area contributed by atoms with Crippen LogP contribution in [0.2, 0.25) is 0 Å². The summed E-state index contributed by atoms with van der Waals surface area (Å²) in [6.07, 6.45) is 2.81. The van der Waals surface area contributed by atoms with Crippen LogP contribution in [0.15, 0.2) is 0 Å². The quantitative estimate of drug-likeness (QED) is 0.805. The van der Waals surface area contributed by atoms with Gasteiger partial charge in [0.25, 0.3) is 0 Å². The molecule has 2 unspecified atom stereocenters. The molecule has 15 heavy (non-hydrogen) atoms. The van der Waals surface area contributed by atoms with Gasteiger partial charge in [0.2, 0.25) is 0 Å². The Bertz CT molecular complexity index is 309. The number of sulfone groups is 1. The molecule has 90 valence electrons. The SMILES string of the molecule is CCS(=O)(=O)C1CC(C)(C)CCC1CN. The van der Waals surface area contributed by atoms with Crippen LogP contribution >= 0.6 is 0 Å². The molecule has 1 fully saturated rings. The van der Waals surface area contributed by atoms with Gasteiger partial charge in [-0.25, -0.2) is 8.42 Å². The normalized spacial score (nSPS) is 31.5. The Balaban J connectivity index is 2.90. The van der Waals surface area contributed by atoms with Crippen LogP contribution in [0.25, 0.3) is 0 Å². The molecule has 1 saturated carbocycles. The largest absolute Gasteiger partial charge is 0.330 e. The van der Waals surface area contributed by atoms with Gasteiger partial charge in [-0.05, 0) is 37.1 Å². The zero-order chi connectivity index (χ0) is 11.7. The predicted octanol–water partition coefficient (Wildman–Crippen LogP) is 1.57. The zero-order valence-corrected chi connectivity index (χ0v) is 10.8. The molecular weight excluding hydrogens is 210 g/mol. The summed E-state index contributed by atoms with van der Waals surface area (Å²) in [5.41, 5.74) is 5.82. The molecule has 1 rings (SSSR count). The maximum atomic E-state index is 12.0. The van der Waals surface area contributed by atoms with E-state index in [2.05, 4.69) is 13.8 Å². The third kappa shape index (κ3) is 2.94. The number of hydrogen-bond acceptors (Lipinski definition) is 3. The Morgan fingerprint density at radius 3 is 2.47 bits per heavy atom. The van der Waals surface area contributed by atoms with E-state index in [-0.39, 0.29) is 22.3 Å². The minimum atomic E-state index is -2.93. The van der Waals surface area contributed by atoms with E-state index in [0.717, 1.165) is 19.3 Å². The molecule has 1 aliphatic carbocycles. The average Bonchev–Trinajstić information content (AvgIpc) is 2.16. The maximum absolute atomic E-state index is 12.0. The van der Waals surface area contributed by atoms with Crippen molar-refractivity contribution >= 4 is 9.84 Å². The second-order valence-electron chi connectivity index (χ2n) is 5.39. The Labute approximate surface area is 93.3 Å². The van der Waals surface area contributed by atoms with Crippen molar-refractivity contribution in [1.29, 1.82) is 0 Å². The van der Waals surface area contributed by atoms with Crippen molar-refractivity contribution in [2.45, 2.75) is 45.3 Å². The molecular formula is C11H23NO2S. The van der Waals surface area contributed by atoms with Crippen LogP contribution in [0, 0.1) is 11.3 Å². The molecule has 0 amide bonds. The molecule has 0 aromatic carbocycles. The summed E-state index contributed by atoms with van der Waals surface area (Å²) in [4.78, 5) is 0. The van der Waals surface area contributed by atoms with Crippen molar-refractivity contribution in [3.63, 3.8) is 0 Å². The van der Waals surface area contributed by atoms with Gasteiger partial charge < -0.3 is 5.73 Å². The Morgan fingerprint density at radius 1 is 1.40 bits per heavy atom. The van der Waals surface area contributed by atoms with Crippen LogP contribution < -0.4 is 5.73 Å². The van der Waals surface area contributed by atoms with E-state index in [1.807, 2.05) is 0 Å². The van der Waals surface area contributed by atoms with E-state index in [9.17, 15) is 8.42 Å². The lowest BCUT2D eigenvalue weighted by atomic mass is 9.73. The fraction of sp³-hybridized carbons (Fsp3) is 1.00. The molecule has 0 radical (unpaired) electrons.